The van der Waals surface area contributed by atoms with E-state index in [0.717, 1.165) is 0 Å². The van der Waals surface area contributed by atoms with Crippen molar-refractivity contribution in [2.45, 2.75) is 19.9 Å². The number of hydrogen-bond donors (Lipinski definition) is 0. The first-order valence-corrected chi connectivity index (χ1v) is 10.7. The summed E-state index contributed by atoms with van der Waals surface area (Å²) in [4.78, 5) is 11.7. The number of ketones is 1. The van der Waals surface area contributed by atoms with E-state index in [0.29, 0.717) is 5.57 Å². The van der Waals surface area contributed by atoms with E-state index in [9.17, 15) is 13.2 Å². The molecule has 1 aliphatic carbocycles. The third kappa shape index (κ3) is 3.33. The zero-order valence-electron chi connectivity index (χ0n) is 11.1. The third-order valence-electron chi connectivity index (χ3n) is 3.03. The predicted octanol–water partition coefficient (Wildman–Crippen LogP) is 4.32. The number of sulfonamides is 1. The Morgan fingerprint density at radius 2 is 1.73 bits per heavy atom. The summed E-state index contributed by atoms with van der Waals surface area (Å²) in [6.45, 7) is 1.64. The predicted molar refractivity (Wildman–Crippen MR) is 101 cm³/mol. The molecule has 0 radical (unpaired) electrons. The van der Waals surface area contributed by atoms with Crippen LogP contribution in [0.15, 0.2) is 49.7 Å². The Balaban J connectivity index is 2.63. The monoisotopic (exact) mass is 575 g/mol. The van der Waals surface area contributed by atoms with E-state index in [2.05, 4.69) is 68.1 Å². The topological polar surface area (TPSA) is 63.6 Å². The zero-order chi connectivity index (χ0) is 16.7. The molecule has 0 aliphatic heterocycles. The van der Waals surface area contributed by atoms with Gasteiger partial charge in [0.1, 0.15) is 0 Å². The van der Waals surface area contributed by atoms with Crippen LogP contribution in [-0.4, -0.2) is 28.0 Å². The highest BCUT2D eigenvalue weighted by Crippen LogP contribution is 2.45. The minimum atomic E-state index is -3.87. The zero-order valence-corrected chi connectivity index (χ0v) is 18.2. The molecule has 0 N–H and O–H groups in total. The molecule has 1 aromatic rings. The largest absolute Gasteiger partial charge is 0.291 e. The Morgan fingerprint density at radius 1 is 1.18 bits per heavy atom. The normalized spacial score (nSPS) is 24.0. The van der Waals surface area contributed by atoms with E-state index in [1.54, 1.807) is 25.1 Å². The summed E-state index contributed by atoms with van der Waals surface area (Å²) in [6.07, 6.45) is 0. The maximum atomic E-state index is 12.4. The van der Waals surface area contributed by atoms with Crippen LogP contribution in [0.4, 0.5) is 0 Å². The molecular weight excluding hydrogens is 570 g/mol. The van der Waals surface area contributed by atoms with E-state index in [-0.39, 0.29) is 20.9 Å². The average molecular weight is 579 g/mol. The van der Waals surface area contributed by atoms with Crippen LogP contribution in [0.25, 0.3) is 0 Å². The minimum absolute atomic E-state index is 0.0952. The molecule has 9 heteroatoms. The van der Waals surface area contributed by atoms with Gasteiger partial charge in [-0.05, 0) is 40.6 Å². The standard InChI is InChI=1S/C13H9Br4NO3S/c1-7-9(14)12(19)13(16,17)11(15)10(7)18-22(20,21)8-5-3-2-4-6-8/h2-6,11H,1H3. The second-order valence-electron chi connectivity index (χ2n) is 4.52. The van der Waals surface area contributed by atoms with Gasteiger partial charge in [-0.1, -0.05) is 66.0 Å². The molecule has 1 aliphatic rings. The van der Waals surface area contributed by atoms with Gasteiger partial charge in [-0.15, -0.1) is 0 Å². The van der Waals surface area contributed by atoms with E-state index >= 15 is 0 Å². The molecular formula is C13H9Br4NO3S. The number of benzene rings is 1. The molecule has 0 heterocycles. The van der Waals surface area contributed by atoms with Gasteiger partial charge in [0, 0.05) is 0 Å². The van der Waals surface area contributed by atoms with Crippen LogP contribution in [0, 0.1) is 0 Å². The fourth-order valence-corrected chi connectivity index (χ4v) is 5.57. The number of halogens is 4. The van der Waals surface area contributed by atoms with Gasteiger partial charge in [-0.2, -0.15) is 12.8 Å². The average Bonchev–Trinajstić information content (AvgIpc) is 2.49. The summed E-state index contributed by atoms with van der Waals surface area (Å²) in [7, 11) is -3.87. The van der Waals surface area contributed by atoms with Gasteiger partial charge in [-0.25, -0.2) is 0 Å². The summed E-state index contributed by atoms with van der Waals surface area (Å²) < 4.78 is 27.9. The highest BCUT2D eigenvalue weighted by atomic mass is 79.9. The molecule has 0 bridgehead atoms. The maximum Gasteiger partial charge on any atom is 0.282 e. The molecule has 118 valence electrons. The number of nitrogens with zero attached hydrogens (tertiary/aromatic N) is 1. The summed E-state index contributed by atoms with van der Waals surface area (Å²) in [6, 6.07) is 7.92. The molecule has 0 aromatic heterocycles. The van der Waals surface area contributed by atoms with Gasteiger partial charge in [0.25, 0.3) is 10.0 Å². The smallest absolute Gasteiger partial charge is 0.282 e. The Kier molecular flexibility index (Phi) is 5.54. The highest BCUT2D eigenvalue weighted by molar-refractivity contribution is 9.26. The van der Waals surface area contributed by atoms with Crippen LogP contribution in [0.5, 0.6) is 0 Å². The van der Waals surface area contributed by atoms with Gasteiger partial charge >= 0.3 is 0 Å². The highest BCUT2D eigenvalue weighted by Gasteiger charge is 2.48. The number of Topliss-reactive ketones (excluding diaryl/α,β-unsaturated/α-hetero) is 1. The quantitative estimate of drug-likeness (QED) is 0.491. The van der Waals surface area contributed by atoms with Crippen LogP contribution in [0.3, 0.4) is 0 Å². The molecule has 22 heavy (non-hydrogen) atoms. The molecule has 1 aromatic carbocycles. The molecule has 0 spiro atoms. The molecule has 0 saturated heterocycles. The van der Waals surface area contributed by atoms with Crippen molar-refractivity contribution >= 4 is 85.2 Å². The van der Waals surface area contributed by atoms with Crippen molar-refractivity contribution in [1.82, 2.24) is 0 Å². The molecule has 1 unspecified atom stereocenters. The van der Waals surface area contributed by atoms with Crippen molar-refractivity contribution in [2.75, 3.05) is 0 Å². The summed E-state index contributed by atoms with van der Waals surface area (Å²) in [5, 5.41) is 0. The first-order chi connectivity index (χ1) is 10.1. The van der Waals surface area contributed by atoms with Crippen molar-refractivity contribution in [1.29, 1.82) is 0 Å². The fraction of sp³-hybridized carbons (Fsp3) is 0.231. The van der Waals surface area contributed by atoms with Crippen molar-refractivity contribution in [3.05, 3.63) is 40.4 Å². The summed E-state index contributed by atoms with van der Waals surface area (Å²) >= 11 is 13.1. The van der Waals surface area contributed by atoms with Gasteiger partial charge in [0.2, 0.25) is 0 Å². The molecule has 0 amide bonds. The van der Waals surface area contributed by atoms with Gasteiger partial charge in [0.05, 0.1) is 19.9 Å². The number of allylic oxidation sites excluding steroid dienone is 2. The SMILES string of the molecule is CC1=C(Br)C(=O)C(Br)(Br)C(Br)C1=NS(=O)(=O)c1ccccc1. The number of hydrogen-bond acceptors (Lipinski definition) is 3. The third-order valence-corrected chi connectivity index (χ3v) is 9.28. The van der Waals surface area contributed by atoms with E-state index in [1.807, 2.05) is 0 Å². The van der Waals surface area contributed by atoms with Crippen LogP contribution in [0.1, 0.15) is 6.92 Å². The van der Waals surface area contributed by atoms with Crippen molar-refractivity contribution in [2.24, 2.45) is 4.40 Å². The molecule has 2 rings (SSSR count). The lowest BCUT2D eigenvalue weighted by molar-refractivity contribution is -0.114. The molecule has 0 saturated carbocycles. The van der Waals surface area contributed by atoms with E-state index < -0.39 is 18.1 Å². The summed E-state index contributed by atoms with van der Waals surface area (Å²) in [5.74, 6) is -0.247. The van der Waals surface area contributed by atoms with Crippen LogP contribution >= 0.6 is 63.7 Å². The first-order valence-electron chi connectivity index (χ1n) is 5.92. The van der Waals surface area contributed by atoms with Crippen LogP contribution < -0.4 is 0 Å². The molecule has 4 nitrogen and oxygen atoms in total. The number of rotatable bonds is 2. The lowest BCUT2D eigenvalue weighted by Crippen LogP contribution is -2.45. The van der Waals surface area contributed by atoms with E-state index in [4.69, 9.17) is 0 Å². The summed E-state index contributed by atoms with van der Waals surface area (Å²) in [5.41, 5.74) is 0.727. The Morgan fingerprint density at radius 3 is 2.27 bits per heavy atom. The van der Waals surface area contributed by atoms with Crippen molar-refractivity contribution in [3.8, 4) is 0 Å². The Hall–Kier alpha value is 0.170. The fourth-order valence-electron chi connectivity index (χ4n) is 1.80. The lowest BCUT2D eigenvalue weighted by Gasteiger charge is -2.31. The Labute approximate surface area is 162 Å². The maximum absolute atomic E-state index is 12.4. The van der Waals surface area contributed by atoms with Crippen molar-refractivity contribution in [3.63, 3.8) is 0 Å². The number of alkyl halides is 3. The van der Waals surface area contributed by atoms with Gasteiger partial charge in [-0.3, -0.25) is 4.79 Å². The van der Waals surface area contributed by atoms with Gasteiger partial charge in [0.15, 0.2) is 9.02 Å². The van der Waals surface area contributed by atoms with Gasteiger partial charge < -0.3 is 0 Å². The Bertz CT molecular complexity index is 785. The minimum Gasteiger partial charge on any atom is -0.291 e. The van der Waals surface area contributed by atoms with Crippen LogP contribution in [-0.2, 0) is 14.8 Å². The van der Waals surface area contributed by atoms with Crippen LogP contribution in [0.2, 0.25) is 0 Å². The lowest BCUT2D eigenvalue weighted by atomic mass is 9.97. The second kappa shape index (κ2) is 6.58. The molecule has 1 atom stereocenters. The van der Waals surface area contributed by atoms with E-state index in [1.165, 1.54) is 12.1 Å². The second-order valence-corrected chi connectivity index (χ2v) is 11.4. The van der Waals surface area contributed by atoms with Crippen molar-refractivity contribution < 1.29 is 13.2 Å². The number of carbonyl (C=O) groups is 1. The first kappa shape index (κ1) is 18.5. The molecule has 0 fully saturated rings. The number of carbonyl (C=O) groups excluding carboxylic acids is 1.